The summed E-state index contributed by atoms with van der Waals surface area (Å²) in [5.41, 5.74) is 10.3. The van der Waals surface area contributed by atoms with Gasteiger partial charge in [-0.05, 0) is 67.8 Å². The summed E-state index contributed by atoms with van der Waals surface area (Å²) in [5, 5.41) is 22.6. The normalized spacial score (nSPS) is 27.6. The molecule has 0 radical (unpaired) electrons. The average Bonchev–Trinajstić information content (AvgIpc) is 3.54. The van der Waals surface area contributed by atoms with E-state index >= 15 is 0 Å². The molecule has 208 valence electrons. The molecule has 0 saturated heterocycles. The van der Waals surface area contributed by atoms with E-state index in [-0.39, 0.29) is 17.4 Å². The first-order valence-corrected chi connectivity index (χ1v) is 14.2. The molecule has 0 spiro atoms. The Morgan fingerprint density at radius 3 is 2.67 bits per heavy atom. The summed E-state index contributed by atoms with van der Waals surface area (Å²) in [6.07, 6.45) is 6.86. The van der Waals surface area contributed by atoms with E-state index in [9.17, 15) is 10.2 Å². The highest BCUT2D eigenvalue weighted by atomic mass is 16.3. The molecule has 4 atom stereocenters. The van der Waals surface area contributed by atoms with E-state index in [0.717, 1.165) is 54.5 Å². The summed E-state index contributed by atoms with van der Waals surface area (Å²) < 4.78 is 1.95. The van der Waals surface area contributed by atoms with Gasteiger partial charge >= 0.3 is 0 Å². The Balaban J connectivity index is 1.01. The van der Waals surface area contributed by atoms with Gasteiger partial charge in [0.25, 0.3) is 0 Å². The molecule has 4 aromatic rings. The summed E-state index contributed by atoms with van der Waals surface area (Å²) in [6.45, 7) is 7.46. The summed E-state index contributed by atoms with van der Waals surface area (Å²) in [7, 11) is 2.15. The van der Waals surface area contributed by atoms with Gasteiger partial charge in [0, 0.05) is 31.1 Å². The third kappa shape index (κ3) is 4.92. The van der Waals surface area contributed by atoms with Gasteiger partial charge in [0.05, 0.1) is 28.6 Å². The van der Waals surface area contributed by atoms with Crippen molar-refractivity contribution in [3.63, 3.8) is 0 Å². The molecule has 9 nitrogen and oxygen atoms in total. The minimum absolute atomic E-state index is 0.000720. The molecule has 5 N–H and O–H groups in total. The number of nitrogen functional groups attached to an aromatic ring is 1. The first kappa shape index (κ1) is 26.2. The molecule has 2 saturated carbocycles. The smallest absolute Gasteiger partial charge is 0.145 e. The van der Waals surface area contributed by atoms with Gasteiger partial charge in [-0.25, -0.2) is 15.0 Å². The zero-order valence-electron chi connectivity index (χ0n) is 23.4. The highest BCUT2D eigenvalue weighted by Crippen LogP contribution is 2.40. The van der Waals surface area contributed by atoms with Crippen molar-refractivity contribution in [2.75, 3.05) is 19.3 Å². The fourth-order valence-corrected chi connectivity index (χ4v) is 6.61. The Morgan fingerprint density at radius 2 is 1.90 bits per heavy atom. The third-order valence-electron chi connectivity index (χ3n) is 9.21. The van der Waals surface area contributed by atoms with Crippen LogP contribution in [0.15, 0.2) is 36.8 Å². The number of nitrogens with one attached hydrogen (secondary N) is 1. The van der Waals surface area contributed by atoms with Crippen LogP contribution in [0, 0.1) is 11.8 Å². The maximum absolute atomic E-state index is 10.9. The van der Waals surface area contributed by atoms with Crippen LogP contribution < -0.4 is 5.73 Å². The number of H-pyrrole nitrogens is 1. The number of aliphatic hydroxyl groups excluding tert-OH is 2. The number of fused-ring (bicyclic) bond motifs is 2. The van der Waals surface area contributed by atoms with E-state index in [1.54, 1.807) is 0 Å². The van der Waals surface area contributed by atoms with Crippen molar-refractivity contribution in [3.8, 4) is 0 Å². The Hall–Kier alpha value is -3.01. The molecule has 0 amide bonds. The average molecular weight is 532 g/mol. The summed E-state index contributed by atoms with van der Waals surface area (Å²) in [4.78, 5) is 19.2. The molecule has 2 fully saturated rings. The van der Waals surface area contributed by atoms with Crippen molar-refractivity contribution in [1.82, 2.24) is 29.4 Å². The highest BCUT2D eigenvalue weighted by molar-refractivity contribution is 5.86. The molecular formula is C30H41N7O2. The topological polar surface area (TPSA) is 129 Å². The maximum atomic E-state index is 10.9. The molecule has 3 heterocycles. The minimum Gasteiger partial charge on any atom is -0.390 e. The number of aromatic nitrogens is 5. The zero-order valence-corrected chi connectivity index (χ0v) is 23.4. The zero-order chi connectivity index (χ0) is 27.5. The minimum atomic E-state index is -0.840. The lowest BCUT2D eigenvalue weighted by Gasteiger charge is -2.42. The molecular weight excluding hydrogens is 490 g/mol. The lowest BCUT2D eigenvalue weighted by molar-refractivity contribution is -0.00658. The molecule has 9 heteroatoms. The van der Waals surface area contributed by atoms with Crippen LogP contribution in [0.2, 0.25) is 0 Å². The van der Waals surface area contributed by atoms with Crippen LogP contribution >= 0.6 is 0 Å². The number of aromatic amines is 1. The highest BCUT2D eigenvalue weighted by Gasteiger charge is 2.44. The second kappa shape index (κ2) is 9.87. The van der Waals surface area contributed by atoms with Gasteiger partial charge in [-0.15, -0.1) is 0 Å². The van der Waals surface area contributed by atoms with Crippen molar-refractivity contribution in [1.29, 1.82) is 0 Å². The van der Waals surface area contributed by atoms with Crippen LogP contribution in [0.25, 0.3) is 22.1 Å². The second-order valence-electron chi connectivity index (χ2n) is 12.9. The van der Waals surface area contributed by atoms with E-state index in [0.29, 0.717) is 29.8 Å². The van der Waals surface area contributed by atoms with Gasteiger partial charge in [-0.1, -0.05) is 26.8 Å². The van der Waals surface area contributed by atoms with Gasteiger partial charge in [-0.2, -0.15) is 0 Å². The second-order valence-corrected chi connectivity index (χ2v) is 12.9. The van der Waals surface area contributed by atoms with Crippen LogP contribution in [0.5, 0.6) is 0 Å². The standard InChI is InChI=1S/C30H41N7O2/c1-30(2,3)19-6-7-22-23(14-19)35-25(34-22)8-5-17-11-20(12-17)36(4)15-18-13-24(27(39)26(18)38)37-10-9-21-28(31)32-16-33-29(21)37/h6-7,9-10,14,16-18,20,24,26-27,38-39H,5,8,11-13,15H2,1-4H3,(H,34,35)(H2,31,32,33)/t17-,18-,20-,24-,26-,27+/m1/s1. The van der Waals surface area contributed by atoms with E-state index < -0.39 is 12.2 Å². The first-order valence-electron chi connectivity index (χ1n) is 14.2. The van der Waals surface area contributed by atoms with Gasteiger partial charge in [0.1, 0.15) is 29.7 Å². The number of hydrogen-bond donors (Lipinski definition) is 4. The fourth-order valence-electron chi connectivity index (χ4n) is 6.61. The number of nitrogens with two attached hydrogens (primary N) is 1. The van der Waals surface area contributed by atoms with Crippen molar-refractivity contribution >= 4 is 27.9 Å². The number of anilines is 1. The van der Waals surface area contributed by atoms with E-state index in [4.69, 9.17) is 10.7 Å². The SMILES string of the molecule is CN(C[C@H]1C[C@@H](n2ccc3c(N)ncnc32)[C@H](O)[C@@H]1O)[C@H]1C[C@H](CCc2nc3cc(C(C)(C)C)ccc3[nH]2)C1. The van der Waals surface area contributed by atoms with Gasteiger partial charge < -0.3 is 30.4 Å². The summed E-state index contributed by atoms with van der Waals surface area (Å²) in [5.74, 6) is 2.20. The van der Waals surface area contributed by atoms with Crippen molar-refractivity contribution in [3.05, 3.63) is 48.2 Å². The number of imidazole rings is 1. The lowest BCUT2D eigenvalue weighted by Crippen LogP contribution is -2.46. The number of hydrogen-bond acceptors (Lipinski definition) is 7. The molecule has 3 aromatic heterocycles. The molecule has 0 unspecified atom stereocenters. The lowest BCUT2D eigenvalue weighted by atomic mass is 9.76. The maximum Gasteiger partial charge on any atom is 0.145 e. The Labute approximate surface area is 229 Å². The monoisotopic (exact) mass is 531 g/mol. The largest absolute Gasteiger partial charge is 0.390 e. The number of aryl methyl sites for hydroxylation is 1. The Morgan fingerprint density at radius 1 is 1.10 bits per heavy atom. The summed E-state index contributed by atoms with van der Waals surface area (Å²) in [6, 6.07) is 8.73. The molecule has 0 aliphatic heterocycles. The van der Waals surface area contributed by atoms with Gasteiger partial charge in [0.15, 0.2) is 0 Å². The number of aliphatic hydroxyl groups is 2. The first-order chi connectivity index (χ1) is 18.6. The molecule has 1 aromatic carbocycles. The predicted molar refractivity (Wildman–Crippen MR) is 153 cm³/mol. The van der Waals surface area contributed by atoms with Crippen LogP contribution in [0.3, 0.4) is 0 Å². The van der Waals surface area contributed by atoms with Crippen molar-refractivity contribution < 1.29 is 10.2 Å². The Bertz CT molecular complexity index is 1470. The van der Waals surface area contributed by atoms with Crippen molar-refractivity contribution in [2.45, 2.75) is 82.6 Å². The van der Waals surface area contributed by atoms with E-state index in [2.05, 4.69) is 65.9 Å². The van der Waals surface area contributed by atoms with Crippen LogP contribution in [0.4, 0.5) is 5.82 Å². The van der Waals surface area contributed by atoms with Crippen LogP contribution in [-0.4, -0.2) is 71.5 Å². The molecule has 2 aliphatic rings. The van der Waals surface area contributed by atoms with Crippen LogP contribution in [-0.2, 0) is 11.8 Å². The number of rotatable bonds is 7. The molecule has 2 aliphatic carbocycles. The quantitative estimate of drug-likeness (QED) is 0.285. The molecule has 6 rings (SSSR count). The van der Waals surface area contributed by atoms with E-state index in [1.807, 2.05) is 16.8 Å². The third-order valence-corrected chi connectivity index (χ3v) is 9.21. The van der Waals surface area contributed by atoms with Gasteiger partial charge in [0.2, 0.25) is 0 Å². The Kier molecular flexibility index (Phi) is 6.64. The van der Waals surface area contributed by atoms with Crippen molar-refractivity contribution in [2.24, 2.45) is 11.8 Å². The predicted octanol–water partition coefficient (Wildman–Crippen LogP) is 3.81. The van der Waals surface area contributed by atoms with Gasteiger partial charge in [-0.3, -0.25) is 0 Å². The fraction of sp³-hybridized carbons (Fsp3) is 0.567. The summed E-state index contributed by atoms with van der Waals surface area (Å²) >= 11 is 0. The number of benzene rings is 1. The van der Waals surface area contributed by atoms with E-state index in [1.165, 1.54) is 11.9 Å². The number of nitrogens with zero attached hydrogens (tertiary/aromatic N) is 5. The molecule has 39 heavy (non-hydrogen) atoms. The molecule has 0 bridgehead atoms. The van der Waals surface area contributed by atoms with Crippen LogP contribution in [0.1, 0.15) is 63.9 Å².